The van der Waals surface area contributed by atoms with E-state index in [1.165, 1.54) is 27.9 Å². The number of hydrogen-bond donors (Lipinski definition) is 1. The fraction of sp³-hybridized carbons (Fsp3) is 0.308. The van der Waals surface area contributed by atoms with Crippen LogP contribution in [0.25, 0.3) is 6.08 Å². The molecule has 1 amide bonds. The molecule has 1 N–H and O–H groups in total. The number of carbonyl (C=O) groups excluding carboxylic acids is 1. The second-order valence-electron chi connectivity index (χ2n) is 8.13. The van der Waals surface area contributed by atoms with Crippen molar-refractivity contribution in [3.05, 3.63) is 64.7 Å². The molecule has 8 heteroatoms. The lowest BCUT2D eigenvalue weighted by Crippen LogP contribution is -2.35. The molecule has 2 aliphatic heterocycles. The van der Waals surface area contributed by atoms with Crippen molar-refractivity contribution in [3.63, 3.8) is 0 Å². The van der Waals surface area contributed by atoms with E-state index in [4.69, 9.17) is 14.9 Å². The molecule has 2 aliphatic rings. The highest BCUT2D eigenvalue weighted by Crippen LogP contribution is 2.30. The van der Waals surface area contributed by atoms with E-state index in [-0.39, 0.29) is 11.4 Å². The fourth-order valence-corrected chi connectivity index (χ4v) is 4.34. The normalized spacial score (nSPS) is 16.4. The van der Waals surface area contributed by atoms with Gasteiger partial charge < -0.3 is 9.47 Å². The predicted octanol–water partition coefficient (Wildman–Crippen LogP) is 5.57. The number of thioether (sulfide) groups is 1. The smallest absolute Gasteiger partial charge is 0.283 e. The van der Waals surface area contributed by atoms with E-state index < -0.39 is 5.91 Å². The van der Waals surface area contributed by atoms with Crippen LogP contribution in [0.1, 0.15) is 42.9 Å². The maximum atomic E-state index is 12.5. The van der Waals surface area contributed by atoms with Crippen LogP contribution in [0.15, 0.2) is 58.1 Å². The van der Waals surface area contributed by atoms with E-state index in [2.05, 4.69) is 30.9 Å². The van der Waals surface area contributed by atoms with Crippen molar-refractivity contribution in [1.29, 1.82) is 5.41 Å². The Labute approximate surface area is 204 Å². The first-order chi connectivity index (χ1) is 16.4. The van der Waals surface area contributed by atoms with Crippen molar-refractivity contribution >= 4 is 39.8 Å². The van der Waals surface area contributed by atoms with E-state index >= 15 is 0 Å². The monoisotopic (exact) mass is 476 g/mol. The van der Waals surface area contributed by atoms with Crippen LogP contribution < -0.4 is 9.47 Å². The van der Waals surface area contributed by atoms with Gasteiger partial charge in [-0.1, -0.05) is 31.5 Å². The van der Waals surface area contributed by atoms with E-state index in [0.29, 0.717) is 24.1 Å². The molecule has 4 rings (SSSR count). The fourth-order valence-electron chi connectivity index (χ4n) is 3.41. The van der Waals surface area contributed by atoms with E-state index in [9.17, 15) is 4.79 Å². The van der Waals surface area contributed by atoms with Crippen LogP contribution in [0.5, 0.6) is 11.5 Å². The number of amidine groups is 2. The Balaban J connectivity index is 1.34. The molecule has 2 aromatic rings. The molecular weight excluding hydrogens is 448 g/mol. The van der Waals surface area contributed by atoms with Gasteiger partial charge in [-0.15, -0.1) is 0 Å². The number of hydrogen-bond acceptors (Lipinski definition) is 6. The number of aliphatic imine (C=N–C) groups is 1. The molecule has 0 saturated carbocycles. The molecule has 7 nitrogen and oxygen atoms in total. The average molecular weight is 477 g/mol. The Hall–Kier alpha value is -3.39. The van der Waals surface area contributed by atoms with Gasteiger partial charge in [0.2, 0.25) is 5.17 Å². The topological polar surface area (TPSA) is 87.3 Å². The van der Waals surface area contributed by atoms with Crippen molar-refractivity contribution in [3.8, 4) is 11.5 Å². The lowest BCUT2D eigenvalue weighted by Gasteiger charge is -2.20. The van der Waals surface area contributed by atoms with Gasteiger partial charge in [0.1, 0.15) is 29.8 Å². The predicted molar refractivity (Wildman–Crippen MR) is 138 cm³/mol. The highest BCUT2D eigenvalue weighted by atomic mass is 32.2. The molecule has 176 valence electrons. The zero-order valence-corrected chi connectivity index (χ0v) is 20.4. The summed E-state index contributed by atoms with van der Waals surface area (Å²) in [6, 6.07) is 13.4. The van der Waals surface area contributed by atoms with Gasteiger partial charge >= 0.3 is 0 Å². The molecule has 0 atom stereocenters. The third kappa shape index (κ3) is 5.56. The first-order valence-electron chi connectivity index (χ1n) is 11.4. The van der Waals surface area contributed by atoms with Gasteiger partial charge in [-0.25, -0.2) is 0 Å². The van der Waals surface area contributed by atoms with Crippen LogP contribution >= 0.6 is 11.8 Å². The van der Waals surface area contributed by atoms with Gasteiger partial charge in [0.25, 0.3) is 5.91 Å². The standard InChI is InChI=1S/C26H28N4O3S/c1-4-5-6-23-29-30-24(27)22(25(31)28-26(30)34-23)16-19-8-11-20(12-9-19)32-13-14-33-21-10-7-17(2)18(3)15-21/h7-12,15-16,27H,4-6,13-14H2,1-3H3. The summed E-state index contributed by atoms with van der Waals surface area (Å²) in [6.45, 7) is 7.11. The second-order valence-corrected chi connectivity index (χ2v) is 9.17. The summed E-state index contributed by atoms with van der Waals surface area (Å²) in [6.07, 6.45) is 4.58. The van der Waals surface area contributed by atoms with Crippen molar-refractivity contribution in [2.24, 2.45) is 10.1 Å². The number of nitrogens with one attached hydrogen (secondary N) is 1. The molecule has 2 heterocycles. The third-order valence-corrected chi connectivity index (χ3v) is 6.50. The first-order valence-corrected chi connectivity index (χ1v) is 12.2. The van der Waals surface area contributed by atoms with Gasteiger partial charge in [0.05, 0.1) is 5.57 Å². The molecule has 0 spiro atoms. The zero-order chi connectivity index (χ0) is 24.1. The zero-order valence-electron chi connectivity index (χ0n) is 19.6. The highest BCUT2D eigenvalue weighted by molar-refractivity contribution is 8.26. The highest BCUT2D eigenvalue weighted by Gasteiger charge is 2.35. The number of carbonyl (C=O) groups is 1. The van der Waals surface area contributed by atoms with E-state index in [1.807, 2.05) is 42.5 Å². The summed E-state index contributed by atoms with van der Waals surface area (Å²) in [7, 11) is 0. The van der Waals surface area contributed by atoms with Crippen LogP contribution in [0, 0.1) is 19.3 Å². The Kier molecular flexibility index (Phi) is 7.47. The number of rotatable bonds is 9. The minimum absolute atomic E-state index is 0.0535. The van der Waals surface area contributed by atoms with Gasteiger partial charge in [0.15, 0.2) is 5.84 Å². The van der Waals surface area contributed by atoms with Gasteiger partial charge in [-0.05, 0) is 85.5 Å². The maximum Gasteiger partial charge on any atom is 0.283 e. The Morgan fingerprint density at radius 2 is 1.74 bits per heavy atom. The number of fused-ring (bicyclic) bond motifs is 1. The summed E-state index contributed by atoms with van der Waals surface area (Å²) < 4.78 is 11.5. The third-order valence-electron chi connectivity index (χ3n) is 5.53. The van der Waals surface area contributed by atoms with Crippen molar-refractivity contribution in [2.75, 3.05) is 13.2 Å². The molecule has 0 radical (unpaired) electrons. The number of aryl methyl sites for hydroxylation is 2. The number of hydrazone groups is 1. The number of benzene rings is 2. The summed E-state index contributed by atoms with van der Waals surface area (Å²) in [5.41, 5.74) is 3.44. The minimum Gasteiger partial charge on any atom is -0.490 e. The molecule has 0 aliphatic carbocycles. The van der Waals surface area contributed by atoms with E-state index in [1.54, 1.807) is 6.08 Å². The van der Waals surface area contributed by atoms with Crippen LogP contribution in [0.3, 0.4) is 0 Å². The molecule has 2 aromatic carbocycles. The molecule has 0 saturated heterocycles. The van der Waals surface area contributed by atoms with Gasteiger partial charge in [0, 0.05) is 0 Å². The Morgan fingerprint density at radius 3 is 2.44 bits per heavy atom. The molecular formula is C26H28N4O3S. The van der Waals surface area contributed by atoms with Crippen LogP contribution in [-0.4, -0.2) is 40.2 Å². The summed E-state index contributed by atoms with van der Waals surface area (Å²) in [4.78, 5) is 16.7. The largest absolute Gasteiger partial charge is 0.490 e. The first kappa shape index (κ1) is 23.8. The lowest BCUT2D eigenvalue weighted by molar-refractivity contribution is -0.114. The second kappa shape index (κ2) is 10.7. The molecule has 0 bridgehead atoms. The van der Waals surface area contributed by atoms with Crippen LogP contribution in [0.2, 0.25) is 0 Å². The molecule has 0 aromatic heterocycles. The minimum atomic E-state index is -0.417. The molecule has 34 heavy (non-hydrogen) atoms. The van der Waals surface area contributed by atoms with Gasteiger partial charge in [-0.3, -0.25) is 10.2 Å². The maximum absolute atomic E-state index is 12.5. The van der Waals surface area contributed by atoms with Crippen LogP contribution in [-0.2, 0) is 4.79 Å². The summed E-state index contributed by atoms with van der Waals surface area (Å²) in [5.74, 6) is 1.17. The Morgan fingerprint density at radius 1 is 1.03 bits per heavy atom. The van der Waals surface area contributed by atoms with Crippen molar-refractivity contribution in [1.82, 2.24) is 5.01 Å². The van der Waals surface area contributed by atoms with Crippen molar-refractivity contribution in [2.45, 2.75) is 40.0 Å². The molecule has 0 fully saturated rings. The lowest BCUT2D eigenvalue weighted by atomic mass is 10.1. The van der Waals surface area contributed by atoms with Gasteiger partial charge in [-0.2, -0.15) is 15.1 Å². The Bertz CT molecular complexity index is 1190. The average Bonchev–Trinajstić information content (AvgIpc) is 3.24. The molecule has 0 unspecified atom stereocenters. The van der Waals surface area contributed by atoms with Crippen LogP contribution in [0.4, 0.5) is 0 Å². The number of unbranched alkanes of at least 4 members (excludes halogenated alkanes) is 1. The number of nitrogens with zero attached hydrogens (tertiary/aromatic N) is 3. The number of amides is 1. The summed E-state index contributed by atoms with van der Waals surface area (Å²) >= 11 is 1.37. The van der Waals surface area contributed by atoms with Crippen molar-refractivity contribution < 1.29 is 14.3 Å². The van der Waals surface area contributed by atoms with E-state index in [0.717, 1.165) is 35.6 Å². The number of ether oxygens (including phenoxy) is 2. The SMILES string of the molecule is CCCCC1=NN2C(=N)C(=Cc3ccc(OCCOc4ccc(C)c(C)c4)cc3)C(=O)N=C2S1. The summed E-state index contributed by atoms with van der Waals surface area (Å²) in [5, 5.41) is 15.8. The quantitative estimate of drug-likeness (QED) is 0.378.